The van der Waals surface area contributed by atoms with E-state index in [1.54, 1.807) is 0 Å². The number of aryl methyl sites for hydroxylation is 2. The van der Waals surface area contributed by atoms with Gasteiger partial charge in [-0.15, -0.1) is 0 Å². The van der Waals surface area contributed by atoms with Crippen LogP contribution in [-0.4, -0.2) is 9.97 Å². The minimum atomic E-state index is 1.06. The quantitative estimate of drug-likeness (QED) is 0.641. The largest absolute Gasteiger partial charge is 0.339 e. The molecule has 1 aliphatic rings. The summed E-state index contributed by atoms with van der Waals surface area (Å²) in [6, 6.07) is 8.44. The van der Waals surface area contributed by atoms with Crippen molar-refractivity contribution < 1.29 is 0 Å². The Labute approximate surface area is 76.6 Å². The van der Waals surface area contributed by atoms with Gasteiger partial charge in [0.2, 0.25) is 0 Å². The van der Waals surface area contributed by atoms with E-state index in [1.165, 1.54) is 16.8 Å². The van der Waals surface area contributed by atoms with Gasteiger partial charge in [-0.05, 0) is 18.4 Å². The predicted molar refractivity (Wildman–Crippen MR) is 50.3 cm³/mol. The number of nitrogens with one attached hydrogen (secondary N) is 1. The summed E-state index contributed by atoms with van der Waals surface area (Å²) in [7, 11) is 0. The average molecular weight is 169 g/mol. The van der Waals surface area contributed by atoms with E-state index in [-0.39, 0.29) is 0 Å². The fourth-order valence-electron chi connectivity index (χ4n) is 1.91. The van der Waals surface area contributed by atoms with Crippen molar-refractivity contribution in [2.75, 3.05) is 0 Å². The summed E-state index contributed by atoms with van der Waals surface area (Å²) in [6.07, 6.45) is 4.97. The van der Waals surface area contributed by atoms with Crippen molar-refractivity contribution in [1.29, 1.82) is 0 Å². The zero-order valence-corrected chi connectivity index (χ0v) is 7.17. The maximum absolute atomic E-state index is 4.22. The molecule has 13 heavy (non-hydrogen) atoms. The summed E-state index contributed by atoms with van der Waals surface area (Å²) in [5, 5.41) is 0. The highest BCUT2D eigenvalue weighted by Crippen LogP contribution is 2.30. The molecule has 2 nitrogen and oxygen atoms in total. The molecule has 0 fully saturated rings. The maximum atomic E-state index is 4.22. The Morgan fingerprint density at radius 3 is 3.15 bits per heavy atom. The number of imidazole rings is 1. The van der Waals surface area contributed by atoms with Crippen molar-refractivity contribution >= 4 is 0 Å². The van der Waals surface area contributed by atoms with Gasteiger partial charge in [0, 0.05) is 11.3 Å². The highest BCUT2D eigenvalue weighted by atomic mass is 14.9. The maximum Gasteiger partial charge on any atom is 0.174 e. The molecule has 1 heterocycles. The van der Waals surface area contributed by atoms with Crippen LogP contribution in [0.3, 0.4) is 0 Å². The van der Waals surface area contributed by atoms with Crippen molar-refractivity contribution in [2.45, 2.75) is 12.8 Å². The van der Waals surface area contributed by atoms with E-state index >= 15 is 0 Å². The van der Waals surface area contributed by atoms with E-state index in [2.05, 4.69) is 40.6 Å². The predicted octanol–water partition coefficient (Wildman–Crippen LogP) is 1.98. The summed E-state index contributed by atoms with van der Waals surface area (Å²) < 4.78 is 0. The monoisotopic (exact) mass is 169 g/mol. The molecule has 0 aliphatic heterocycles. The summed E-state index contributed by atoms with van der Waals surface area (Å²) in [4.78, 5) is 7.28. The zero-order chi connectivity index (χ0) is 8.67. The summed E-state index contributed by atoms with van der Waals surface area (Å²) >= 11 is 0. The van der Waals surface area contributed by atoms with Gasteiger partial charge in [-0.1, -0.05) is 24.3 Å². The van der Waals surface area contributed by atoms with Gasteiger partial charge in [-0.2, -0.15) is 0 Å². The standard InChI is InChI=1S/C11H9N2/c1-2-4-9-8(3-1)5-6-10-11(9)13-7-12-10/h1-4H,5-6H2,(H,12,13). The van der Waals surface area contributed by atoms with Crippen molar-refractivity contribution in [1.82, 2.24) is 9.97 Å². The smallest absolute Gasteiger partial charge is 0.174 e. The van der Waals surface area contributed by atoms with Crippen LogP contribution in [0.15, 0.2) is 24.3 Å². The van der Waals surface area contributed by atoms with Crippen LogP contribution in [0.1, 0.15) is 11.3 Å². The number of fused-ring (bicyclic) bond motifs is 3. The lowest BCUT2D eigenvalue weighted by molar-refractivity contribution is 0.908. The van der Waals surface area contributed by atoms with Crippen LogP contribution in [0, 0.1) is 6.33 Å². The fourth-order valence-corrected chi connectivity index (χ4v) is 1.91. The molecule has 2 aromatic rings. The first kappa shape index (κ1) is 6.89. The topological polar surface area (TPSA) is 28.7 Å². The third-order valence-electron chi connectivity index (χ3n) is 2.58. The Bertz CT molecular complexity index is 443. The Balaban J connectivity index is 2.30. The number of nitrogens with zero attached hydrogens (tertiary/aromatic N) is 1. The number of hydrogen-bond donors (Lipinski definition) is 1. The molecule has 2 heteroatoms. The molecule has 0 bridgehead atoms. The molecule has 0 saturated carbocycles. The minimum Gasteiger partial charge on any atom is -0.339 e. The van der Waals surface area contributed by atoms with E-state index in [9.17, 15) is 0 Å². The van der Waals surface area contributed by atoms with Crippen LogP contribution < -0.4 is 0 Å². The molecule has 0 unspecified atom stereocenters. The molecule has 1 radical (unpaired) electrons. The van der Waals surface area contributed by atoms with Gasteiger partial charge in [-0.25, -0.2) is 4.98 Å². The van der Waals surface area contributed by atoms with E-state index in [4.69, 9.17) is 0 Å². The lowest BCUT2D eigenvalue weighted by atomic mass is 9.93. The second-order valence-corrected chi connectivity index (χ2v) is 3.33. The summed E-state index contributed by atoms with van der Waals surface area (Å²) in [5.74, 6) is 0. The van der Waals surface area contributed by atoms with Crippen molar-refractivity contribution in [3.05, 3.63) is 41.9 Å². The first-order chi connectivity index (χ1) is 6.45. The van der Waals surface area contributed by atoms with Gasteiger partial charge >= 0.3 is 0 Å². The number of hydrogen-bond acceptors (Lipinski definition) is 1. The van der Waals surface area contributed by atoms with Gasteiger partial charge < -0.3 is 4.98 Å². The van der Waals surface area contributed by atoms with Gasteiger partial charge in [0.15, 0.2) is 6.33 Å². The van der Waals surface area contributed by atoms with Crippen molar-refractivity contribution in [3.8, 4) is 11.3 Å². The Morgan fingerprint density at radius 2 is 2.15 bits per heavy atom. The number of aromatic nitrogens is 2. The third-order valence-corrected chi connectivity index (χ3v) is 2.58. The first-order valence-electron chi connectivity index (χ1n) is 4.48. The van der Waals surface area contributed by atoms with Crippen molar-refractivity contribution in [3.63, 3.8) is 0 Å². The second kappa shape index (κ2) is 2.46. The van der Waals surface area contributed by atoms with E-state index < -0.39 is 0 Å². The molecule has 1 aromatic carbocycles. The SMILES string of the molecule is [c]1nc2c([nH]1)CCc1ccccc1-2. The minimum absolute atomic E-state index is 1.06. The van der Waals surface area contributed by atoms with Crippen LogP contribution in [0.25, 0.3) is 11.3 Å². The highest BCUT2D eigenvalue weighted by Gasteiger charge is 2.16. The Hall–Kier alpha value is -1.57. The zero-order valence-electron chi connectivity index (χ0n) is 7.17. The Morgan fingerprint density at radius 1 is 1.23 bits per heavy atom. The van der Waals surface area contributed by atoms with Gasteiger partial charge in [0.1, 0.15) is 0 Å². The number of aromatic amines is 1. The van der Waals surface area contributed by atoms with E-state index in [1.807, 2.05) is 0 Å². The summed E-state index contributed by atoms with van der Waals surface area (Å²) in [5.41, 5.74) is 4.97. The fraction of sp³-hybridized carbons (Fsp3) is 0.182. The lowest BCUT2D eigenvalue weighted by Gasteiger charge is -2.14. The molecular formula is C11H9N2. The molecule has 1 N–H and O–H groups in total. The van der Waals surface area contributed by atoms with Gasteiger partial charge in [0.05, 0.1) is 5.69 Å². The first-order valence-corrected chi connectivity index (χ1v) is 4.48. The number of H-pyrrole nitrogens is 1. The molecule has 63 valence electrons. The molecular weight excluding hydrogens is 160 g/mol. The van der Waals surface area contributed by atoms with Gasteiger partial charge in [0.25, 0.3) is 0 Å². The highest BCUT2D eigenvalue weighted by molar-refractivity contribution is 5.68. The van der Waals surface area contributed by atoms with Crippen LogP contribution >= 0.6 is 0 Å². The normalized spacial score (nSPS) is 13.5. The molecule has 1 aromatic heterocycles. The molecule has 0 saturated heterocycles. The van der Waals surface area contributed by atoms with Crippen LogP contribution in [-0.2, 0) is 12.8 Å². The van der Waals surface area contributed by atoms with Gasteiger partial charge in [-0.3, -0.25) is 0 Å². The van der Waals surface area contributed by atoms with E-state index in [0.29, 0.717) is 0 Å². The van der Waals surface area contributed by atoms with Crippen LogP contribution in [0.4, 0.5) is 0 Å². The molecule has 3 rings (SSSR count). The van der Waals surface area contributed by atoms with E-state index in [0.717, 1.165) is 18.5 Å². The second-order valence-electron chi connectivity index (χ2n) is 3.33. The van der Waals surface area contributed by atoms with Crippen LogP contribution in [0.2, 0.25) is 0 Å². The molecule has 1 aliphatic carbocycles. The number of rotatable bonds is 0. The third kappa shape index (κ3) is 0.917. The molecule has 0 atom stereocenters. The average Bonchev–Trinajstić information content (AvgIpc) is 2.65. The van der Waals surface area contributed by atoms with Crippen LogP contribution in [0.5, 0.6) is 0 Å². The lowest BCUT2D eigenvalue weighted by Crippen LogP contribution is -2.02. The number of benzene rings is 1. The Kier molecular flexibility index (Phi) is 1.30. The molecule has 0 spiro atoms. The van der Waals surface area contributed by atoms with Crippen molar-refractivity contribution in [2.24, 2.45) is 0 Å². The summed E-state index contributed by atoms with van der Waals surface area (Å²) in [6.45, 7) is 0. The molecule has 0 amide bonds.